The van der Waals surface area contributed by atoms with Gasteiger partial charge in [-0.25, -0.2) is 0 Å². The maximum Gasteiger partial charge on any atom is 0.269 e. The van der Waals surface area contributed by atoms with E-state index in [1.165, 1.54) is 24.3 Å². The third-order valence-electron chi connectivity index (χ3n) is 2.38. The molecule has 0 saturated carbocycles. The SMILES string of the molecule is O=C(c1ccccc1)c1ccc([N+](=O)[O-])cc1.[B]. The van der Waals surface area contributed by atoms with Crippen LogP contribution in [0.25, 0.3) is 0 Å². The van der Waals surface area contributed by atoms with Crippen molar-refractivity contribution in [2.45, 2.75) is 0 Å². The molecule has 0 spiro atoms. The van der Waals surface area contributed by atoms with E-state index in [2.05, 4.69) is 0 Å². The van der Waals surface area contributed by atoms with Crippen molar-refractivity contribution in [3.05, 3.63) is 75.8 Å². The van der Waals surface area contributed by atoms with Gasteiger partial charge in [0, 0.05) is 31.7 Å². The number of nitro groups is 1. The molecular weight excluding hydrogens is 229 g/mol. The summed E-state index contributed by atoms with van der Waals surface area (Å²) in [6, 6.07) is 14.4. The number of carbonyl (C=O) groups excluding carboxylic acids is 1. The van der Waals surface area contributed by atoms with E-state index in [4.69, 9.17) is 0 Å². The Kier molecular flexibility index (Phi) is 4.37. The van der Waals surface area contributed by atoms with Crippen LogP contribution in [0.3, 0.4) is 0 Å². The van der Waals surface area contributed by atoms with Crippen molar-refractivity contribution in [2.75, 3.05) is 0 Å². The molecule has 0 aliphatic carbocycles. The second-order valence-electron chi connectivity index (χ2n) is 3.50. The van der Waals surface area contributed by atoms with Crippen LogP contribution >= 0.6 is 0 Å². The average molecular weight is 238 g/mol. The summed E-state index contributed by atoms with van der Waals surface area (Å²) in [6.07, 6.45) is 0. The lowest BCUT2D eigenvalue weighted by Gasteiger charge is -2.00. The van der Waals surface area contributed by atoms with Crippen molar-refractivity contribution in [3.63, 3.8) is 0 Å². The standard InChI is InChI=1S/C13H9NO3.B/c15-13(10-4-2-1-3-5-10)11-6-8-12(9-7-11)14(16)17;/h1-9H;. The Balaban J connectivity index is 0.00000162. The highest BCUT2D eigenvalue weighted by molar-refractivity contribution is 6.09. The number of ketones is 1. The van der Waals surface area contributed by atoms with Crippen LogP contribution in [0.5, 0.6) is 0 Å². The molecule has 18 heavy (non-hydrogen) atoms. The molecule has 3 radical (unpaired) electrons. The molecule has 0 saturated heterocycles. The minimum Gasteiger partial charge on any atom is -0.289 e. The fraction of sp³-hybridized carbons (Fsp3) is 0. The molecule has 0 aromatic heterocycles. The van der Waals surface area contributed by atoms with Gasteiger partial charge in [-0.15, -0.1) is 0 Å². The molecule has 0 heterocycles. The molecular formula is C13H9BNO3. The first kappa shape index (κ1) is 13.6. The van der Waals surface area contributed by atoms with Crippen LogP contribution in [0.4, 0.5) is 5.69 Å². The Morgan fingerprint density at radius 2 is 1.39 bits per heavy atom. The van der Waals surface area contributed by atoms with Gasteiger partial charge in [-0.05, 0) is 12.1 Å². The number of nitro benzene ring substituents is 1. The minimum atomic E-state index is -0.489. The Hall–Kier alpha value is -2.43. The van der Waals surface area contributed by atoms with Crippen LogP contribution in [0.2, 0.25) is 0 Å². The third kappa shape index (κ3) is 2.82. The van der Waals surface area contributed by atoms with Gasteiger partial charge in [0.25, 0.3) is 5.69 Å². The Bertz CT molecular complexity index is 552. The van der Waals surface area contributed by atoms with E-state index in [1.54, 1.807) is 24.3 Å². The summed E-state index contributed by atoms with van der Waals surface area (Å²) in [4.78, 5) is 21.9. The first-order valence-corrected chi connectivity index (χ1v) is 5.02. The van der Waals surface area contributed by atoms with Crippen LogP contribution in [0.15, 0.2) is 54.6 Å². The first-order valence-electron chi connectivity index (χ1n) is 5.02. The van der Waals surface area contributed by atoms with Crippen molar-refractivity contribution in [2.24, 2.45) is 0 Å². The van der Waals surface area contributed by atoms with Gasteiger partial charge in [-0.1, -0.05) is 30.3 Å². The predicted molar refractivity (Wildman–Crippen MR) is 68.7 cm³/mol. The normalized spacial score (nSPS) is 9.33. The summed E-state index contributed by atoms with van der Waals surface area (Å²) in [5, 5.41) is 10.5. The Morgan fingerprint density at radius 3 is 1.89 bits per heavy atom. The second kappa shape index (κ2) is 5.77. The van der Waals surface area contributed by atoms with Gasteiger partial charge in [0.2, 0.25) is 0 Å². The minimum absolute atomic E-state index is 0. The zero-order valence-corrected chi connectivity index (χ0v) is 9.45. The van der Waals surface area contributed by atoms with Crippen LogP contribution in [0.1, 0.15) is 15.9 Å². The third-order valence-corrected chi connectivity index (χ3v) is 2.38. The molecule has 87 valence electrons. The van der Waals surface area contributed by atoms with E-state index in [0.717, 1.165) is 0 Å². The summed E-state index contributed by atoms with van der Waals surface area (Å²) in [5.74, 6) is -0.138. The average Bonchev–Trinajstić information content (AvgIpc) is 2.39. The Morgan fingerprint density at radius 1 is 0.889 bits per heavy atom. The molecule has 0 amide bonds. The van der Waals surface area contributed by atoms with Gasteiger partial charge < -0.3 is 0 Å². The topological polar surface area (TPSA) is 60.2 Å². The molecule has 0 aliphatic rings. The van der Waals surface area contributed by atoms with Gasteiger partial charge in [0.15, 0.2) is 5.78 Å². The van der Waals surface area contributed by atoms with Gasteiger partial charge in [-0.3, -0.25) is 14.9 Å². The van der Waals surface area contributed by atoms with Crippen LogP contribution in [-0.4, -0.2) is 19.1 Å². The van der Waals surface area contributed by atoms with Crippen molar-refractivity contribution in [3.8, 4) is 0 Å². The highest BCUT2D eigenvalue weighted by Crippen LogP contribution is 2.15. The van der Waals surface area contributed by atoms with Crippen molar-refractivity contribution < 1.29 is 9.72 Å². The number of carbonyl (C=O) groups is 1. The number of benzene rings is 2. The summed E-state index contributed by atoms with van der Waals surface area (Å²) >= 11 is 0. The molecule has 5 heteroatoms. The smallest absolute Gasteiger partial charge is 0.269 e. The molecule has 2 aromatic rings. The quantitative estimate of drug-likeness (QED) is 0.357. The van der Waals surface area contributed by atoms with E-state index < -0.39 is 4.92 Å². The van der Waals surface area contributed by atoms with Crippen molar-refractivity contribution >= 4 is 19.9 Å². The first-order chi connectivity index (χ1) is 8.18. The van der Waals surface area contributed by atoms with Crippen LogP contribution in [-0.2, 0) is 0 Å². The van der Waals surface area contributed by atoms with Gasteiger partial charge in [0.05, 0.1) is 4.92 Å². The molecule has 2 aromatic carbocycles. The fourth-order valence-electron chi connectivity index (χ4n) is 1.49. The monoisotopic (exact) mass is 238 g/mol. The molecule has 0 fully saturated rings. The van der Waals surface area contributed by atoms with Crippen LogP contribution < -0.4 is 0 Å². The largest absolute Gasteiger partial charge is 0.289 e. The summed E-state index contributed by atoms with van der Waals surface area (Å²) in [7, 11) is 0. The van der Waals surface area contributed by atoms with Crippen LogP contribution in [0, 0.1) is 10.1 Å². The van der Waals surface area contributed by atoms with E-state index in [-0.39, 0.29) is 19.9 Å². The van der Waals surface area contributed by atoms with Crippen molar-refractivity contribution in [1.29, 1.82) is 0 Å². The van der Waals surface area contributed by atoms with E-state index in [9.17, 15) is 14.9 Å². The second-order valence-corrected chi connectivity index (χ2v) is 3.50. The number of non-ortho nitro benzene ring substituents is 1. The fourth-order valence-corrected chi connectivity index (χ4v) is 1.49. The molecule has 2 rings (SSSR count). The molecule has 0 unspecified atom stereocenters. The molecule has 0 atom stereocenters. The lowest BCUT2D eigenvalue weighted by Crippen LogP contribution is -2.00. The highest BCUT2D eigenvalue weighted by Gasteiger charge is 2.10. The molecule has 0 aliphatic heterocycles. The number of hydrogen-bond acceptors (Lipinski definition) is 3. The van der Waals surface area contributed by atoms with Gasteiger partial charge in [-0.2, -0.15) is 0 Å². The van der Waals surface area contributed by atoms with Gasteiger partial charge >= 0.3 is 0 Å². The maximum atomic E-state index is 12.0. The molecule has 0 N–H and O–H groups in total. The van der Waals surface area contributed by atoms with E-state index in [1.807, 2.05) is 6.07 Å². The number of nitrogens with zero attached hydrogens (tertiary/aromatic N) is 1. The Labute approximate surface area is 106 Å². The summed E-state index contributed by atoms with van der Waals surface area (Å²) < 4.78 is 0. The molecule has 4 nitrogen and oxygen atoms in total. The summed E-state index contributed by atoms with van der Waals surface area (Å²) in [5.41, 5.74) is 0.998. The van der Waals surface area contributed by atoms with Gasteiger partial charge in [0.1, 0.15) is 0 Å². The zero-order chi connectivity index (χ0) is 12.3. The lowest BCUT2D eigenvalue weighted by atomic mass is 10.0. The highest BCUT2D eigenvalue weighted by atomic mass is 16.6. The summed E-state index contributed by atoms with van der Waals surface area (Å²) in [6.45, 7) is 0. The predicted octanol–water partition coefficient (Wildman–Crippen LogP) is 2.45. The lowest BCUT2D eigenvalue weighted by molar-refractivity contribution is -0.384. The van der Waals surface area contributed by atoms with Crippen molar-refractivity contribution in [1.82, 2.24) is 0 Å². The zero-order valence-electron chi connectivity index (χ0n) is 9.45. The molecule has 0 bridgehead atoms. The number of rotatable bonds is 3. The number of hydrogen-bond donors (Lipinski definition) is 0. The van der Waals surface area contributed by atoms with E-state index >= 15 is 0 Å². The maximum absolute atomic E-state index is 12.0. The van der Waals surface area contributed by atoms with E-state index in [0.29, 0.717) is 11.1 Å².